The predicted molar refractivity (Wildman–Crippen MR) is 87.1 cm³/mol. The van der Waals surface area contributed by atoms with Crippen LogP contribution >= 0.6 is 15.9 Å². The summed E-state index contributed by atoms with van der Waals surface area (Å²) in [5.74, 6) is 0.940. The number of halogens is 1. The Balaban J connectivity index is 1.61. The third kappa shape index (κ3) is 4.99. The zero-order valence-electron chi connectivity index (χ0n) is 11.7. The average molecular weight is 334 g/mol. The van der Waals surface area contributed by atoms with Gasteiger partial charge in [0.2, 0.25) is 0 Å². The molecule has 3 heteroatoms. The van der Waals surface area contributed by atoms with Gasteiger partial charge in [-0.1, -0.05) is 46.3 Å². The fourth-order valence-corrected chi connectivity index (χ4v) is 2.31. The minimum atomic E-state index is 0.745. The molecule has 0 aromatic heterocycles. The Labute approximate surface area is 129 Å². The van der Waals surface area contributed by atoms with Gasteiger partial charge in [-0.15, -0.1) is 0 Å². The molecular weight excluding hydrogens is 314 g/mol. The molecule has 0 aliphatic carbocycles. The molecule has 0 fully saturated rings. The summed E-state index contributed by atoms with van der Waals surface area (Å²) in [6.45, 7) is 4.69. The molecule has 0 heterocycles. The standard InChI is InChI=1S/C17H20BrNO/c1-14-8-9-15(12-17(14)18)13-19-10-5-11-20-16-6-3-2-4-7-16/h2-4,6-9,12,19H,5,10-11,13H2,1H3. The molecule has 2 rings (SSSR count). The second-order valence-electron chi connectivity index (χ2n) is 4.78. The number of benzene rings is 2. The van der Waals surface area contributed by atoms with Crippen molar-refractivity contribution in [3.63, 3.8) is 0 Å². The number of ether oxygens (including phenoxy) is 1. The van der Waals surface area contributed by atoms with Crippen LogP contribution in [0.4, 0.5) is 0 Å². The van der Waals surface area contributed by atoms with Crippen LogP contribution in [0.5, 0.6) is 5.75 Å². The average Bonchev–Trinajstić information content (AvgIpc) is 2.47. The number of aryl methyl sites for hydroxylation is 1. The maximum Gasteiger partial charge on any atom is 0.119 e. The SMILES string of the molecule is Cc1ccc(CNCCCOc2ccccc2)cc1Br. The minimum absolute atomic E-state index is 0.745. The molecule has 20 heavy (non-hydrogen) atoms. The smallest absolute Gasteiger partial charge is 0.119 e. The van der Waals surface area contributed by atoms with Crippen molar-refractivity contribution in [3.05, 3.63) is 64.1 Å². The highest BCUT2D eigenvalue weighted by molar-refractivity contribution is 9.10. The van der Waals surface area contributed by atoms with Gasteiger partial charge >= 0.3 is 0 Å². The van der Waals surface area contributed by atoms with Crippen LogP contribution in [0, 0.1) is 6.92 Å². The molecule has 0 amide bonds. The molecule has 106 valence electrons. The molecule has 0 aliphatic rings. The van der Waals surface area contributed by atoms with E-state index in [0.29, 0.717) is 0 Å². The van der Waals surface area contributed by atoms with E-state index in [9.17, 15) is 0 Å². The molecule has 0 radical (unpaired) electrons. The van der Waals surface area contributed by atoms with Crippen LogP contribution in [0.1, 0.15) is 17.5 Å². The largest absolute Gasteiger partial charge is 0.494 e. The minimum Gasteiger partial charge on any atom is -0.494 e. The van der Waals surface area contributed by atoms with E-state index in [0.717, 1.165) is 31.9 Å². The molecule has 0 atom stereocenters. The third-order valence-corrected chi connectivity index (χ3v) is 3.93. The quantitative estimate of drug-likeness (QED) is 0.762. The summed E-state index contributed by atoms with van der Waals surface area (Å²) >= 11 is 3.56. The van der Waals surface area contributed by atoms with Gasteiger partial charge in [0, 0.05) is 11.0 Å². The van der Waals surface area contributed by atoms with Crippen LogP contribution in [0.2, 0.25) is 0 Å². The van der Waals surface area contributed by atoms with Gasteiger partial charge < -0.3 is 10.1 Å². The second-order valence-corrected chi connectivity index (χ2v) is 5.63. The summed E-state index contributed by atoms with van der Waals surface area (Å²) in [4.78, 5) is 0. The van der Waals surface area contributed by atoms with E-state index in [1.165, 1.54) is 15.6 Å². The first-order valence-electron chi connectivity index (χ1n) is 6.89. The summed E-state index contributed by atoms with van der Waals surface area (Å²) < 4.78 is 6.82. The van der Waals surface area contributed by atoms with E-state index < -0.39 is 0 Å². The van der Waals surface area contributed by atoms with Crippen molar-refractivity contribution in [1.29, 1.82) is 0 Å². The number of hydrogen-bond acceptors (Lipinski definition) is 2. The summed E-state index contributed by atoms with van der Waals surface area (Å²) in [6.07, 6.45) is 1.00. The van der Waals surface area contributed by atoms with Gasteiger partial charge in [0.05, 0.1) is 6.61 Å². The van der Waals surface area contributed by atoms with Crippen LogP contribution in [-0.4, -0.2) is 13.2 Å². The fourth-order valence-electron chi connectivity index (χ4n) is 1.88. The predicted octanol–water partition coefficient (Wildman–Crippen LogP) is 4.32. The maximum absolute atomic E-state index is 5.65. The molecule has 1 N–H and O–H groups in total. The van der Waals surface area contributed by atoms with Gasteiger partial charge in [0.25, 0.3) is 0 Å². The van der Waals surface area contributed by atoms with E-state index in [1.54, 1.807) is 0 Å². The zero-order chi connectivity index (χ0) is 14.2. The number of hydrogen-bond donors (Lipinski definition) is 1. The highest BCUT2D eigenvalue weighted by atomic mass is 79.9. The zero-order valence-corrected chi connectivity index (χ0v) is 13.3. The van der Waals surface area contributed by atoms with Crippen molar-refractivity contribution in [2.24, 2.45) is 0 Å². The fraction of sp³-hybridized carbons (Fsp3) is 0.294. The lowest BCUT2D eigenvalue weighted by atomic mass is 10.1. The van der Waals surface area contributed by atoms with Gasteiger partial charge in [0.1, 0.15) is 5.75 Å². The Morgan fingerprint density at radius 2 is 1.90 bits per heavy atom. The molecule has 0 spiro atoms. The summed E-state index contributed by atoms with van der Waals surface area (Å²) in [7, 11) is 0. The Morgan fingerprint density at radius 3 is 2.65 bits per heavy atom. The van der Waals surface area contributed by atoms with Crippen LogP contribution in [0.15, 0.2) is 53.0 Å². The molecule has 0 saturated heterocycles. The van der Waals surface area contributed by atoms with E-state index in [2.05, 4.69) is 46.4 Å². The van der Waals surface area contributed by atoms with Crippen molar-refractivity contribution < 1.29 is 4.74 Å². The van der Waals surface area contributed by atoms with Gasteiger partial charge in [-0.25, -0.2) is 0 Å². The summed E-state index contributed by atoms with van der Waals surface area (Å²) in [5.41, 5.74) is 2.57. The first-order valence-corrected chi connectivity index (χ1v) is 7.68. The lowest BCUT2D eigenvalue weighted by Gasteiger charge is -2.08. The Bertz CT molecular complexity index is 528. The van der Waals surface area contributed by atoms with E-state index in [4.69, 9.17) is 4.74 Å². The van der Waals surface area contributed by atoms with E-state index in [-0.39, 0.29) is 0 Å². The third-order valence-electron chi connectivity index (χ3n) is 3.08. The topological polar surface area (TPSA) is 21.3 Å². The molecular formula is C17H20BrNO. The van der Waals surface area contributed by atoms with Crippen molar-refractivity contribution in [2.75, 3.05) is 13.2 Å². The van der Waals surface area contributed by atoms with E-state index >= 15 is 0 Å². The summed E-state index contributed by atoms with van der Waals surface area (Å²) in [6, 6.07) is 16.4. The van der Waals surface area contributed by atoms with Crippen LogP contribution in [-0.2, 0) is 6.54 Å². The molecule has 0 saturated carbocycles. The molecule has 0 bridgehead atoms. The summed E-state index contributed by atoms with van der Waals surface area (Å²) in [5, 5.41) is 3.43. The van der Waals surface area contributed by atoms with Crippen LogP contribution < -0.4 is 10.1 Å². The molecule has 2 aromatic carbocycles. The highest BCUT2D eigenvalue weighted by Gasteiger charge is 1.97. The Hall–Kier alpha value is -1.32. The van der Waals surface area contributed by atoms with Gasteiger partial charge in [0.15, 0.2) is 0 Å². The monoisotopic (exact) mass is 333 g/mol. The number of nitrogens with one attached hydrogen (secondary N) is 1. The van der Waals surface area contributed by atoms with Gasteiger partial charge in [-0.05, 0) is 49.2 Å². The van der Waals surface area contributed by atoms with Crippen molar-refractivity contribution in [3.8, 4) is 5.75 Å². The molecule has 2 aromatic rings. The Morgan fingerprint density at radius 1 is 1.10 bits per heavy atom. The lowest BCUT2D eigenvalue weighted by molar-refractivity contribution is 0.308. The second kappa shape index (κ2) is 8.08. The molecule has 2 nitrogen and oxygen atoms in total. The van der Waals surface area contributed by atoms with Crippen molar-refractivity contribution in [2.45, 2.75) is 19.9 Å². The van der Waals surface area contributed by atoms with Gasteiger partial charge in [-0.2, -0.15) is 0 Å². The maximum atomic E-state index is 5.65. The normalized spacial score (nSPS) is 10.5. The Kier molecular flexibility index (Phi) is 6.09. The number of rotatable bonds is 7. The molecule has 0 aliphatic heterocycles. The first kappa shape index (κ1) is 15.1. The van der Waals surface area contributed by atoms with E-state index in [1.807, 2.05) is 30.3 Å². The first-order chi connectivity index (χ1) is 9.75. The van der Waals surface area contributed by atoms with Crippen molar-refractivity contribution in [1.82, 2.24) is 5.32 Å². The van der Waals surface area contributed by atoms with Crippen LogP contribution in [0.25, 0.3) is 0 Å². The highest BCUT2D eigenvalue weighted by Crippen LogP contribution is 2.17. The van der Waals surface area contributed by atoms with Crippen molar-refractivity contribution >= 4 is 15.9 Å². The van der Waals surface area contributed by atoms with Crippen LogP contribution in [0.3, 0.4) is 0 Å². The molecule has 0 unspecified atom stereocenters. The number of para-hydroxylation sites is 1. The lowest BCUT2D eigenvalue weighted by Crippen LogP contribution is -2.17. The van der Waals surface area contributed by atoms with Gasteiger partial charge in [-0.3, -0.25) is 0 Å².